The summed E-state index contributed by atoms with van der Waals surface area (Å²) in [6.45, 7) is 16.4. The van der Waals surface area contributed by atoms with E-state index < -0.39 is 53.2 Å². The third-order valence-corrected chi connectivity index (χ3v) is 13.6. The quantitative estimate of drug-likeness (QED) is 0.0454. The Hall–Kier alpha value is -7.59. The number of carbonyl (C=O) groups is 3. The summed E-state index contributed by atoms with van der Waals surface area (Å²) in [5.74, 6) is -2.30. The van der Waals surface area contributed by atoms with Gasteiger partial charge in [-0.05, 0) is 76.7 Å². The van der Waals surface area contributed by atoms with E-state index in [1.807, 2.05) is 18.7 Å². The van der Waals surface area contributed by atoms with Gasteiger partial charge in [0.2, 0.25) is 6.41 Å². The second kappa shape index (κ2) is 25.7. The molecule has 3 unspecified atom stereocenters. The zero-order valence-electron chi connectivity index (χ0n) is 44.6. The number of aliphatic hydroxyl groups is 1. The minimum absolute atomic E-state index is 0.0190. The van der Waals surface area contributed by atoms with Gasteiger partial charge in [0.15, 0.2) is 11.9 Å². The molecule has 3 atom stereocenters. The Morgan fingerprint density at radius 3 is 2.27 bits per heavy atom. The smallest absolute Gasteiger partial charge is 0.417 e. The van der Waals surface area contributed by atoms with E-state index in [1.54, 1.807) is 30.0 Å². The number of benzene rings is 2. The fourth-order valence-corrected chi connectivity index (χ4v) is 9.54. The number of aliphatic hydroxyl groups excluding tert-OH is 1. The van der Waals surface area contributed by atoms with Gasteiger partial charge in [-0.2, -0.15) is 28.4 Å². The number of alkyl halides is 3. The number of amides is 2. The SMILES string of the molecule is C=C(C(=O)N1CCN(c2nc(OC)nc3c2COC(c2c(F)c(N)cc(C)c2C(F)(F)F)C3)CC1)C(C)OC.CC.CC#N.CN1CCCC1.O=CNc1cc2cc3c(nc2cc1F)-c1cc2c(c(=O)n1C3)COC(=O)C2O. The van der Waals surface area contributed by atoms with Gasteiger partial charge in [0.25, 0.3) is 11.5 Å². The van der Waals surface area contributed by atoms with Crippen molar-refractivity contribution in [3.63, 3.8) is 0 Å². The van der Waals surface area contributed by atoms with Gasteiger partial charge in [-0.25, -0.2) is 18.6 Å². The van der Waals surface area contributed by atoms with E-state index in [4.69, 9.17) is 29.9 Å². The van der Waals surface area contributed by atoms with Crippen LogP contribution in [0.15, 0.2) is 47.3 Å². The van der Waals surface area contributed by atoms with Crippen molar-refractivity contribution in [3.8, 4) is 23.5 Å². The number of nitrogen functional groups attached to an aromatic ring is 1. The minimum Gasteiger partial charge on any atom is -0.467 e. The molecule has 0 saturated carbocycles. The second-order valence-electron chi connectivity index (χ2n) is 18.4. The van der Waals surface area contributed by atoms with Gasteiger partial charge in [-0.15, -0.1) is 0 Å². The van der Waals surface area contributed by atoms with Crippen molar-refractivity contribution in [1.29, 1.82) is 5.26 Å². The molecule has 19 nitrogen and oxygen atoms in total. The Balaban J connectivity index is 0.000000218. The van der Waals surface area contributed by atoms with Crippen molar-refractivity contribution in [2.75, 3.05) is 76.5 Å². The first-order valence-corrected chi connectivity index (χ1v) is 25.1. The van der Waals surface area contributed by atoms with Crippen LogP contribution < -0.4 is 26.2 Å². The molecule has 0 aliphatic carbocycles. The molecule has 2 amide bonds. The lowest BCUT2D eigenvalue weighted by atomic mass is 9.91. The molecule has 5 aromatic rings. The summed E-state index contributed by atoms with van der Waals surface area (Å²) in [6.07, 6.45) is -4.95. The summed E-state index contributed by atoms with van der Waals surface area (Å²) in [5.41, 5.74) is 6.81. The van der Waals surface area contributed by atoms with Gasteiger partial charge in [0, 0.05) is 85.9 Å². The molecule has 2 aromatic carbocycles. The van der Waals surface area contributed by atoms with Crippen molar-refractivity contribution in [2.24, 2.45) is 0 Å². The fourth-order valence-electron chi connectivity index (χ4n) is 9.54. The molecule has 2 fully saturated rings. The Labute approximate surface area is 447 Å². The lowest BCUT2D eigenvalue weighted by Crippen LogP contribution is -2.50. The van der Waals surface area contributed by atoms with Gasteiger partial charge in [0.05, 0.1) is 83.6 Å². The van der Waals surface area contributed by atoms with Crippen LogP contribution in [-0.4, -0.2) is 119 Å². The Kier molecular flexibility index (Phi) is 19.7. The number of hydrogen-bond acceptors (Lipinski definition) is 16. The average Bonchev–Trinajstić information content (AvgIpc) is 4.25. The van der Waals surface area contributed by atoms with Crippen molar-refractivity contribution in [3.05, 3.63) is 109 Å². The molecule has 0 bridgehead atoms. The fraction of sp³-hybridized carbons (Fsp3) is 0.444. The van der Waals surface area contributed by atoms with Crippen LogP contribution in [-0.2, 0) is 60.9 Å². The van der Waals surface area contributed by atoms with Gasteiger partial charge in [0.1, 0.15) is 18.2 Å². The number of aromatic nitrogens is 4. The van der Waals surface area contributed by atoms with E-state index in [1.165, 1.54) is 70.7 Å². The molecule has 0 radical (unpaired) electrons. The number of methoxy groups -OCH3 is 2. The molecule has 8 heterocycles. The Morgan fingerprint density at radius 1 is 1.01 bits per heavy atom. The molecule has 5 aliphatic heterocycles. The summed E-state index contributed by atoms with van der Waals surface area (Å²) < 4.78 is 93.7. The largest absolute Gasteiger partial charge is 0.467 e. The third-order valence-electron chi connectivity index (χ3n) is 13.6. The molecule has 418 valence electrons. The van der Waals surface area contributed by atoms with E-state index in [2.05, 4.69) is 38.8 Å². The van der Waals surface area contributed by atoms with E-state index in [0.717, 1.165) is 11.6 Å². The normalized spacial score (nSPS) is 17.5. The number of nitrogens with zero attached hydrogens (tertiary/aromatic N) is 8. The number of esters is 1. The molecule has 24 heteroatoms. The number of nitriles is 1. The molecule has 3 aromatic heterocycles. The number of ether oxygens (including phenoxy) is 4. The first-order valence-electron chi connectivity index (χ1n) is 25.1. The number of pyridine rings is 2. The zero-order valence-corrected chi connectivity index (χ0v) is 44.6. The number of nitrogens with two attached hydrogens (primary N) is 1. The van der Waals surface area contributed by atoms with Crippen LogP contribution in [0.1, 0.15) is 97.4 Å². The molecule has 2 saturated heterocycles. The topological polar surface area (TPSA) is 241 Å². The van der Waals surface area contributed by atoms with E-state index >= 15 is 4.39 Å². The molecular weight excluding hydrogens is 1030 g/mol. The highest BCUT2D eigenvalue weighted by Crippen LogP contribution is 2.45. The average molecular weight is 1090 g/mol. The summed E-state index contributed by atoms with van der Waals surface area (Å²) in [7, 11) is 5.06. The van der Waals surface area contributed by atoms with E-state index in [-0.39, 0.29) is 71.7 Å². The number of cyclic esters (lactones) is 1. The maximum Gasteiger partial charge on any atom is 0.417 e. The van der Waals surface area contributed by atoms with Crippen molar-refractivity contribution in [1.82, 2.24) is 29.3 Å². The van der Waals surface area contributed by atoms with Crippen molar-refractivity contribution >= 4 is 46.4 Å². The van der Waals surface area contributed by atoms with E-state index in [9.17, 15) is 41.8 Å². The Bertz CT molecular complexity index is 3170. The maximum absolute atomic E-state index is 15.1. The number of piperazine rings is 1. The maximum atomic E-state index is 15.1. The summed E-state index contributed by atoms with van der Waals surface area (Å²) in [6, 6.07) is 8.75. The number of likely N-dealkylation sites (tertiary alicyclic amines) is 1. The monoisotopic (exact) mass is 1090 g/mol. The van der Waals surface area contributed by atoms with Gasteiger partial charge < -0.3 is 54.4 Å². The molecule has 0 spiro atoms. The first-order chi connectivity index (χ1) is 37.1. The van der Waals surface area contributed by atoms with Gasteiger partial charge in [-0.1, -0.05) is 20.4 Å². The molecule has 4 N–H and O–H groups in total. The van der Waals surface area contributed by atoms with Crippen LogP contribution in [0.2, 0.25) is 0 Å². The molecule has 5 aliphatic rings. The molecular formula is C54H63F5N10O9. The van der Waals surface area contributed by atoms with Crippen LogP contribution in [0.25, 0.3) is 22.3 Å². The minimum atomic E-state index is -4.81. The summed E-state index contributed by atoms with van der Waals surface area (Å²) >= 11 is 0. The number of anilines is 3. The van der Waals surface area contributed by atoms with Crippen LogP contribution >= 0.6 is 0 Å². The van der Waals surface area contributed by atoms with Gasteiger partial charge >= 0.3 is 18.2 Å². The number of rotatable bonds is 8. The number of halogens is 5. The van der Waals surface area contributed by atoms with Crippen LogP contribution in [0.5, 0.6) is 6.01 Å². The standard InChI is InChI=1S/C26H31F4N5O4.C19H12FN3O5.C5H11N.C2H3N.C2H6/c1-13-10-17(31)22(27)20(21(13)26(28,29)30)19-11-18-16(12-39-19)23(33-25(32-18)38-5)34-6-8-35(9-7-34)24(36)14(2)15(3)37-4;20-12-4-13-8(2-14(12)21-7-24)1-9-5-23-15(16(9)22-13)3-10-11(18(23)26)6-28-19(27)17(10)25;1-6-4-2-3-5-6;1-2-3;1-2/h10,15,19H,2,6-9,11-12,31H2,1,3-5H3;1-4,7,17,25H,5-6H2,(H,21,24);2-5H2,1H3;1H3;1-2H3. The summed E-state index contributed by atoms with van der Waals surface area (Å²) in [5, 5.41) is 20.3. The van der Waals surface area contributed by atoms with Gasteiger partial charge in [-0.3, -0.25) is 14.4 Å². The predicted molar refractivity (Wildman–Crippen MR) is 279 cm³/mol. The summed E-state index contributed by atoms with van der Waals surface area (Å²) in [4.78, 5) is 67.2. The lowest BCUT2D eigenvalue weighted by molar-refractivity contribution is -0.157. The third kappa shape index (κ3) is 12.7. The van der Waals surface area contributed by atoms with E-state index in [0.29, 0.717) is 77.5 Å². The number of nitrogens with one attached hydrogen (secondary N) is 1. The lowest BCUT2D eigenvalue weighted by Gasteiger charge is -2.38. The highest BCUT2D eigenvalue weighted by molar-refractivity contribution is 5.94. The number of hydrogen-bond donors (Lipinski definition) is 3. The van der Waals surface area contributed by atoms with Crippen LogP contribution in [0.4, 0.5) is 39.1 Å². The number of fused-ring (bicyclic) bond motifs is 6. The first kappa shape index (κ1) is 59.7. The van der Waals surface area contributed by atoms with Crippen molar-refractivity contribution in [2.45, 2.75) is 98.1 Å². The highest BCUT2D eigenvalue weighted by Gasteiger charge is 2.42. The van der Waals surface area contributed by atoms with Crippen LogP contribution in [0, 0.1) is 29.9 Å². The Morgan fingerprint density at radius 2 is 1.68 bits per heavy atom. The van der Waals surface area contributed by atoms with Crippen molar-refractivity contribution < 1.29 is 60.4 Å². The highest BCUT2D eigenvalue weighted by atomic mass is 19.4. The molecule has 78 heavy (non-hydrogen) atoms. The van der Waals surface area contributed by atoms with Crippen LogP contribution in [0.3, 0.4) is 0 Å². The predicted octanol–water partition coefficient (Wildman–Crippen LogP) is 7.08. The number of aryl methyl sites for hydroxylation is 1. The molecule has 10 rings (SSSR count). The number of carbonyl (C=O) groups excluding carboxylic acids is 3. The second-order valence-corrected chi connectivity index (χ2v) is 18.4. The zero-order chi connectivity index (χ0) is 57.3.